The molecule has 0 aliphatic heterocycles. The molecule has 5 nitrogen and oxygen atoms in total. The first-order chi connectivity index (χ1) is 7.69. The number of pyridine rings is 1. The van der Waals surface area contributed by atoms with E-state index in [0.29, 0.717) is 10.6 Å². The normalized spacial score (nSPS) is 9.62. The van der Waals surface area contributed by atoms with Gasteiger partial charge in [-0.05, 0) is 12.1 Å². The first-order valence-electron chi connectivity index (χ1n) is 4.42. The molecule has 0 aliphatic rings. The quantitative estimate of drug-likeness (QED) is 0.581. The van der Waals surface area contributed by atoms with Crippen LogP contribution < -0.4 is 0 Å². The van der Waals surface area contributed by atoms with Gasteiger partial charge in [0.05, 0.1) is 25.5 Å². The molecule has 1 heterocycles. The third-order valence-electron chi connectivity index (χ3n) is 1.73. The average molecular weight is 241 g/mol. The number of hydrogen-bond donors (Lipinski definition) is 0. The Kier molecular flexibility index (Phi) is 4.78. The van der Waals surface area contributed by atoms with Gasteiger partial charge in [0.15, 0.2) is 0 Å². The fourth-order valence-electron chi connectivity index (χ4n) is 0.957. The van der Waals surface area contributed by atoms with Crippen LogP contribution in [0, 0.1) is 0 Å². The summed E-state index contributed by atoms with van der Waals surface area (Å²) in [6.07, 6.45) is 1.55. The van der Waals surface area contributed by atoms with Gasteiger partial charge < -0.3 is 9.47 Å². The lowest BCUT2D eigenvalue weighted by Gasteiger charge is -2.05. The lowest BCUT2D eigenvalue weighted by atomic mass is 10.3. The highest BCUT2D eigenvalue weighted by Gasteiger charge is 2.14. The van der Waals surface area contributed by atoms with Gasteiger partial charge >= 0.3 is 11.9 Å². The number of nitrogens with zero attached hydrogens (tertiary/aromatic N) is 1. The first-order valence-corrected chi connectivity index (χ1v) is 5.40. The summed E-state index contributed by atoms with van der Waals surface area (Å²) in [6.45, 7) is 0. The van der Waals surface area contributed by atoms with Gasteiger partial charge in [-0.15, -0.1) is 0 Å². The Labute approximate surface area is 97.1 Å². The van der Waals surface area contributed by atoms with Crippen LogP contribution in [0.3, 0.4) is 0 Å². The van der Waals surface area contributed by atoms with E-state index in [1.54, 1.807) is 18.3 Å². The van der Waals surface area contributed by atoms with Crippen LogP contribution in [0.1, 0.15) is 10.4 Å². The number of ether oxygens (including phenoxy) is 2. The smallest absolute Gasteiger partial charge is 0.340 e. The molecule has 0 amide bonds. The maximum atomic E-state index is 11.4. The van der Waals surface area contributed by atoms with E-state index in [2.05, 4.69) is 14.5 Å². The monoisotopic (exact) mass is 241 g/mol. The highest BCUT2D eigenvalue weighted by molar-refractivity contribution is 8.00. The predicted molar refractivity (Wildman–Crippen MR) is 58.3 cm³/mol. The van der Waals surface area contributed by atoms with Crippen molar-refractivity contribution in [3.05, 3.63) is 23.9 Å². The lowest BCUT2D eigenvalue weighted by molar-refractivity contribution is -0.137. The first kappa shape index (κ1) is 12.5. The maximum Gasteiger partial charge on any atom is 0.340 e. The average Bonchev–Trinajstić information content (AvgIpc) is 2.35. The second-order valence-electron chi connectivity index (χ2n) is 2.71. The number of hydrogen-bond acceptors (Lipinski definition) is 6. The third-order valence-corrected chi connectivity index (χ3v) is 2.71. The molecule has 16 heavy (non-hydrogen) atoms. The third kappa shape index (κ3) is 3.23. The van der Waals surface area contributed by atoms with E-state index in [-0.39, 0.29) is 11.7 Å². The minimum atomic E-state index is -0.472. The SMILES string of the molecule is COC(=O)CSc1ncccc1C(=O)OC. The van der Waals surface area contributed by atoms with Crippen molar-refractivity contribution in [2.24, 2.45) is 0 Å². The lowest BCUT2D eigenvalue weighted by Crippen LogP contribution is -2.07. The van der Waals surface area contributed by atoms with Gasteiger partial charge in [-0.3, -0.25) is 4.79 Å². The molecule has 0 bridgehead atoms. The van der Waals surface area contributed by atoms with E-state index in [1.165, 1.54) is 14.2 Å². The van der Waals surface area contributed by atoms with Crippen LogP contribution in [0.15, 0.2) is 23.4 Å². The maximum absolute atomic E-state index is 11.4. The van der Waals surface area contributed by atoms with E-state index < -0.39 is 5.97 Å². The number of carbonyl (C=O) groups is 2. The Balaban J connectivity index is 2.79. The van der Waals surface area contributed by atoms with Crippen LogP contribution in [0.25, 0.3) is 0 Å². The van der Waals surface area contributed by atoms with Crippen LogP contribution in [0.2, 0.25) is 0 Å². The molecule has 0 fully saturated rings. The predicted octanol–water partition coefficient (Wildman–Crippen LogP) is 1.13. The molecule has 0 atom stereocenters. The van der Waals surface area contributed by atoms with Gasteiger partial charge in [-0.1, -0.05) is 11.8 Å². The number of methoxy groups -OCH3 is 2. The summed E-state index contributed by atoms with van der Waals surface area (Å²) in [4.78, 5) is 26.3. The molecule has 0 N–H and O–H groups in total. The Morgan fingerprint density at radius 3 is 2.75 bits per heavy atom. The highest BCUT2D eigenvalue weighted by Crippen LogP contribution is 2.20. The van der Waals surface area contributed by atoms with Crippen molar-refractivity contribution >= 4 is 23.7 Å². The van der Waals surface area contributed by atoms with Crippen molar-refractivity contribution in [3.63, 3.8) is 0 Å². The van der Waals surface area contributed by atoms with Crippen molar-refractivity contribution in [3.8, 4) is 0 Å². The van der Waals surface area contributed by atoms with Gasteiger partial charge in [-0.25, -0.2) is 9.78 Å². The summed E-state index contributed by atoms with van der Waals surface area (Å²) in [6, 6.07) is 3.23. The number of esters is 2. The molecule has 1 aromatic rings. The highest BCUT2D eigenvalue weighted by atomic mass is 32.2. The van der Waals surface area contributed by atoms with Crippen LogP contribution in [0.5, 0.6) is 0 Å². The van der Waals surface area contributed by atoms with E-state index in [0.717, 1.165) is 11.8 Å². The zero-order chi connectivity index (χ0) is 12.0. The van der Waals surface area contributed by atoms with Crippen LogP contribution in [-0.2, 0) is 14.3 Å². The summed E-state index contributed by atoms with van der Waals surface area (Å²) in [5.74, 6) is -0.732. The minimum absolute atomic E-state index is 0.109. The molecular formula is C10H11NO4S. The number of rotatable bonds is 4. The van der Waals surface area contributed by atoms with Crippen molar-refractivity contribution in [2.75, 3.05) is 20.0 Å². The second-order valence-corrected chi connectivity index (χ2v) is 3.68. The van der Waals surface area contributed by atoms with Crippen LogP contribution in [-0.4, -0.2) is 36.9 Å². The summed E-state index contributed by atoms with van der Waals surface area (Å²) in [5.41, 5.74) is 0.346. The van der Waals surface area contributed by atoms with Gasteiger partial charge in [-0.2, -0.15) is 0 Å². The topological polar surface area (TPSA) is 65.5 Å². The molecule has 0 unspecified atom stereocenters. The Hall–Kier alpha value is -1.56. The minimum Gasteiger partial charge on any atom is -0.468 e. The molecule has 0 aliphatic carbocycles. The van der Waals surface area contributed by atoms with Crippen LogP contribution in [0.4, 0.5) is 0 Å². The summed E-state index contributed by atoms with van der Waals surface area (Å²) in [7, 11) is 2.60. The Bertz CT molecular complexity index is 394. The van der Waals surface area contributed by atoms with Crippen molar-refractivity contribution in [1.82, 2.24) is 4.98 Å². The van der Waals surface area contributed by atoms with Gasteiger partial charge in [0, 0.05) is 6.20 Å². The molecule has 0 spiro atoms. The zero-order valence-electron chi connectivity index (χ0n) is 8.93. The summed E-state index contributed by atoms with van der Waals surface area (Å²) < 4.78 is 9.10. The zero-order valence-corrected chi connectivity index (χ0v) is 9.74. The standard InChI is InChI=1S/C10H11NO4S/c1-14-8(12)6-16-9-7(10(13)15-2)4-3-5-11-9/h3-5H,6H2,1-2H3. The van der Waals surface area contributed by atoms with Gasteiger partial charge in [0.1, 0.15) is 5.03 Å². The fourth-order valence-corrected chi connectivity index (χ4v) is 1.77. The summed E-state index contributed by atoms with van der Waals surface area (Å²) in [5, 5.41) is 0.458. The number of aromatic nitrogens is 1. The molecule has 0 aromatic carbocycles. The molecule has 6 heteroatoms. The Morgan fingerprint density at radius 1 is 1.38 bits per heavy atom. The van der Waals surface area contributed by atoms with Crippen molar-refractivity contribution < 1.29 is 19.1 Å². The molecule has 0 radical (unpaired) electrons. The molecule has 86 valence electrons. The van der Waals surface area contributed by atoms with Crippen LogP contribution >= 0.6 is 11.8 Å². The fraction of sp³-hybridized carbons (Fsp3) is 0.300. The van der Waals surface area contributed by atoms with Crippen molar-refractivity contribution in [2.45, 2.75) is 5.03 Å². The molecule has 1 aromatic heterocycles. The van der Waals surface area contributed by atoms with E-state index in [4.69, 9.17) is 0 Å². The second kappa shape index (κ2) is 6.12. The van der Waals surface area contributed by atoms with Crippen molar-refractivity contribution in [1.29, 1.82) is 0 Å². The van der Waals surface area contributed by atoms with E-state index in [9.17, 15) is 9.59 Å². The van der Waals surface area contributed by atoms with E-state index in [1.807, 2.05) is 0 Å². The summed E-state index contributed by atoms with van der Waals surface area (Å²) >= 11 is 1.14. The molecule has 0 saturated carbocycles. The molecule has 0 saturated heterocycles. The molecular weight excluding hydrogens is 230 g/mol. The largest absolute Gasteiger partial charge is 0.468 e. The number of carbonyl (C=O) groups excluding carboxylic acids is 2. The number of thioether (sulfide) groups is 1. The van der Waals surface area contributed by atoms with Gasteiger partial charge in [0.2, 0.25) is 0 Å². The Morgan fingerprint density at radius 2 is 2.12 bits per heavy atom. The van der Waals surface area contributed by atoms with E-state index >= 15 is 0 Å². The molecule has 1 rings (SSSR count). The van der Waals surface area contributed by atoms with Gasteiger partial charge in [0.25, 0.3) is 0 Å².